The molecule has 3 rings (SSSR count). The van der Waals surface area contributed by atoms with E-state index in [9.17, 15) is 8.42 Å². The highest BCUT2D eigenvalue weighted by atomic mass is 32.2. The third-order valence-electron chi connectivity index (χ3n) is 5.35. The average molecular weight is 423 g/mol. The molecule has 2 aromatic heterocycles. The SMILES string of the molecule is Cc1ccc(-c2nc(NC3CCC(CNS(=O)(=O)C(C)C)CC3)sc2C)cn1. The van der Waals surface area contributed by atoms with E-state index in [2.05, 4.69) is 28.0 Å². The predicted octanol–water partition coefficient (Wildman–Crippen LogP) is 4.12. The van der Waals surface area contributed by atoms with Crippen LogP contribution in [0.4, 0.5) is 5.13 Å². The first-order chi connectivity index (χ1) is 13.2. The molecule has 2 heterocycles. The van der Waals surface area contributed by atoms with Crippen LogP contribution in [-0.2, 0) is 10.0 Å². The molecule has 0 radical (unpaired) electrons. The van der Waals surface area contributed by atoms with Gasteiger partial charge in [0.2, 0.25) is 10.0 Å². The number of rotatable bonds is 7. The van der Waals surface area contributed by atoms with Crippen molar-refractivity contribution in [2.75, 3.05) is 11.9 Å². The van der Waals surface area contributed by atoms with E-state index in [0.717, 1.165) is 47.8 Å². The Morgan fingerprint density at radius 3 is 2.50 bits per heavy atom. The molecule has 2 N–H and O–H groups in total. The predicted molar refractivity (Wildman–Crippen MR) is 116 cm³/mol. The molecule has 0 bridgehead atoms. The summed E-state index contributed by atoms with van der Waals surface area (Å²) in [5, 5.41) is 4.16. The number of aromatic nitrogens is 2. The number of anilines is 1. The van der Waals surface area contributed by atoms with Crippen molar-refractivity contribution in [2.45, 2.75) is 64.7 Å². The number of aryl methyl sites for hydroxylation is 2. The highest BCUT2D eigenvalue weighted by Crippen LogP contribution is 2.32. The molecule has 0 spiro atoms. The van der Waals surface area contributed by atoms with Crippen LogP contribution in [0.25, 0.3) is 11.3 Å². The fraction of sp³-hybridized carbons (Fsp3) is 0.600. The summed E-state index contributed by atoms with van der Waals surface area (Å²) in [5.74, 6) is 0.416. The van der Waals surface area contributed by atoms with Gasteiger partial charge in [0.1, 0.15) is 0 Å². The fourth-order valence-corrected chi connectivity index (χ4v) is 5.13. The van der Waals surface area contributed by atoms with Crippen molar-refractivity contribution in [3.63, 3.8) is 0 Å². The Labute approximate surface area is 172 Å². The summed E-state index contributed by atoms with van der Waals surface area (Å²) >= 11 is 1.68. The Morgan fingerprint density at radius 2 is 1.89 bits per heavy atom. The molecule has 6 nitrogen and oxygen atoms in total. The highest BCUT2D eigenvalue weighted by Gasteiger charge is 2.24. The first-order valence-corrected chi connectivity index (χ1v) is 12.3. The van der Waals surface area contributed by atoms with E-state index in [-0.39, 0.29) is 5.25 Å². The number of thiazole rings is 1. The standard InChI is InChI=1S/C20H30N4O2S2/c1-13(2)28(25,26)22-11-16-6-9-18(10-7-16)23-20-24-19(15(4)27-20)17-8-5-14(3)21-12-17/h5,8,12-13,16,18,22H,6-7,9-11H2,1-4H3,(H,23,24). The van der Waals surface area contributed by atoms with E-state index < -0.39 is 10.0 Å². The van der Waals surface area contributed by atoms with E-state index in [1.165, 1.54) is 4.88 Å². The number of nitrogens with zero attached hydrogens (tertiary/aromatic N) is 2. The topological polar surface area (TPSA) is 84.0 Å². The van der Waals surface area contributed by atoms with Crippen LogP contribution < -0.4 is 10.0 Å². The van der Waals surface area contributed by atoms with Crippen molar-refractivity contribution >= 4 is 26.5 Å². The van der Waals surface area contributed by atoms with Gasteiger partial charge in [-0.2, -0.15) is 0 Å². The maximum absolute atomic E-state index is 11.9. The smallest absolute Gasteiger partial charge is 0.213 e. The maximum atomic E-state index is 11.9. The number of nitrogens with one attached hydrogen (secondary N) is 2. The van der Waals surface area contributed by atoms with Crippen LogP contribution >= 0.6 is 11.3 Å². The maximum Gasteiger partial charge on any atom is 0.213 e. The summed E-state index contributed by atoms with van der Waals surface area (Å²) in [6, 6.07) is 4.47. The highest BCUT2D eigenvalue weighted by molar-refractivity contribution is 7.90. The molecule has 0 aliphatic heterocycles. The molecular formula is C20H30N4O2S2. The zero-order valence-electron chi connectivity index (χ0n) is 17.0. The largest absolute Gasteiger partial charge is 0.359 e. The van der Waals surface area contributed by atoms with Crippen LogP contribution in [0, 0.1) is 19.8 Å². The van der Waals surface area contributed by atoms with Crippen LogP contribution in [-0.4, -0.2) is 36.2 Å². The van der Waals surface area contributed by atoms with Crippen LogP contribution in [0.3, 0.4) is 0 Å². The lowest BCUT2D eigenvalue weighted by Crippen LogP contribution is -2.37. The normalized spacial score (nSPS) is 20.5. The summed E-state index contributed by atoms with van der Waals surface area (Å²) in [6.45, 7) is 8.04. The molecule has 0 aromatic carbocycles. The van der Waals surface area contributed by atoms with E-state index in [4.69, 9.17) is 4.98 Å². The molecule has 28 heavy (non-hydrogen) atoms. The van der Waals surface area contributed by atoms with Gasteiger partial charge in [-0.25, -0.2) is 18.1 Å². The first kappa shape index (κ1) is 21.2. The Bertz CT molecular complexity index is 883. The Kier molecular flexibility index (Phi) is 6.73. The lowest BCUT2D eigenvalue weighted by Gasteiger charge is -2.29. The summed E-state index contributed by atoms with van der Waals surface area (Å²) < 4.78 is 26.6. The van der Waals surface area contributed by atoms with Crippen molar-refractivity contribution in [1.29, 1.82) is 0 Å². The van der Waals surface area contributed by atoms with Crippen molar-refractivity contribution in [3.05, 3.63) is 28.9 Å². The monoisotopic (exact) mass is 422 g/mol. The number of pyridine rings is 1. The molecule has 0 amide bonds. The molecule has 8 heteroatoms. The molecule has 154 valence electrons. The van der Waals surface area contributed by atoms with Crippen LogP contribution in [0.1, 0.15) is 50.1 Å². The van der Waals surface area contributed by atoms with E-state index >= 15 is 0 Å². The van der Waals surface area contributed by atoms with Crippen LogP contribution in [0.15, 0.2) is 18.3 Å². The van der Waals surface area contributed by atoms with Gasteiger partial charge in [-0.05, 0) is 71.4 Å². The molecular weight excluding hydrogens is 392 g/mol. The minimum atomic E-state index is -3.17. The van der Waals surface area contributed by atoms with Gasteiger partial charge in [0.25, 0.3) is 0 Å². The summed E-state index contributed by atoms with van der Waals surface area (Å²) in [5.41, 5.74) is 3.05. The molecule has 1 saturated carbocycles. The van der Waals surface area contributed by atoms with E-state index in [1.54, 1.807) is 25.2 Å². The Balaban J connectivity index is 1.53. The van der Waals surface area contributed by atoms with Crippen LogP contribution in [0.5, 0.6) is 0 Å². The first-order valence-electron chi connectivity index (χ1n) is 9.90. The molecule has 2 aromatic rings. The van der Waals surface area contributed by atoms with Gasteiger partial charge in [-0.3, -0.25) is 4.98 Å². The lowest BCUT2D eigenvalue weighted by atomic mass is 9.86. The van der Waals surface area contributed by atoms with Gasteiger partial charge in [-0.1, -0.05) is 0 Å². The van der Waals surface area contributed by atoms with Crippen molar-refractivity contribution < 1.29 is 8.42 Å². The van der Waals surface area contributed by atoms with Gasteiger partial charge in [0.05, 0.1) is 10.9 Å². The van der Waals surface area contributed by atoms with Gasteiger partial charge in [0, 0.05) is 34.9 Å². The summed E-state index contributed by atoms with van der Waals surface area (Å²) in [7, 11) is -3.17. The molecule has 0 atom stereocenters. The third-order valence-corrected chi connectivity index (χ3v) is 8.06. The second-order valence-corrected chi connectivity index (χ2v) is 11.4. The van der Waals surface area contributed by atoms with Gasteiger partial charge >= 0.3 is 0 Å². The van der Waals surface area contributed by atoms with E-state index in [0.29, 0.717) is 18.5 Å². The summed E-state index contributed by atoms with van der Waals surface area (Å²) in [6.07, 6.45) is 6.00. The van der Waals surface area contributed by atoms with E-state index in [1.807, 2.05) is 19.2 Å². The quantitative estimate of drug-likeness (QED) is 0.701. The molecule has 0 saturated heterocycles. The molecule has 0 unspecified atom stereocenters. The Morgan fingerprint density at radius 1 is 1.18 bits per heavy atom. The van der Waals surface area contributed by atoms with Crippen molar-refractivity contribution in [2.24, 2.45) is 5.92 Å². The number of hydrogen-bond donors (Lipinski definition) is 2. The molecule has 1 fully saturated rings. The number of hydrogen-bond acceptors (Lipinski definition) is 6. The minimum Gasteiger partial charge on any atom is -0.359 e. The molecule has 1 aliphatic rings. The second kappa shape index (κ2) is 8.88. The van der Waals surface area contributed by atoms with Gasteiger partial charge in [-0.15, -0.1) is 11.3 Å². The molecule has 1 aliphatic carbocycles. The van der Waals surface area contributed by atoms with Crippen molar-refractivity contribution in [3.8, 4) is 11.3 Å². The average Bonchev–Trinajstić information content (AvgIpc) is 3.02. The minimum absolute atomic E-state index is 0.378. The second-order valence-electron chi connectivity index (χ2n) is 7.92. The number of sulfonamides is 1. The Hall–Kier alpha value is -1.51. The zero-order chi connectivity index (χ0) is 20.3. The fourth-order valence-electron chi connectivity index (χ4n) is 3.42. The zero-order valence-corrected chi connectivity index (χ0v) is 18.7. The van der Waals surface area contributed by atoms with Crippen LogP contribution in [0.2, 0.25) is 0 Å². The lowest BCUT2D eigenvalue weighted by molar-refractivity contribution is 0.337. The van der Waals surface area contributed by atoms with Gasteiger partial charge < -0.3 is 5.32 Å². The van der Waals surface area contributed by atoms with Crippen molar-refractivity contribution in [1.82, 2.24) is 14.7 Å². The van der Waals surface area contributed by atoms with Gasteiger partial charge in [0.15, 0.2) is 5.13 Å². The summed E-state index contributed by atoms with van der Waals surface area (Å²) in [4.78, 5) is 10.3. The third kappa shape index (κ3) is 5.30.